The molecule has 0 saturated heterocycles. The van der Waals surface area contributed by atoms with Crippen molar-refractivity contribution in [3.8, 4) is 5.75 Å². The van der Waals surface area contributed by atoms with Crippen LogP contribution in [-0.2, 0) is 0 Å². The molecule has 3 unspecified atom stereocenters. The fraction of sp³-hybridized carbons (Fsp3) is 0.500. The Morgan fingerprint density at radius 2 is 2.17 bits per heavy atom. The van der Waals surface area contributed by atoms with E-state index in [9.17, 15) is 5.11 Å². The molecule has 1 aliphatic heterocycles. The molecule has 2 aliphatic rings. The molecule has 18 heavy (non-hydrogen) atoms. The number of aromatic hydroxyl groups is 1. The molecule has 0 radical (unpaired) electrons. The van der Waals surface area contributed by atoms with Gasteiger partial charge in [0.1, 0.15) is 10.8 Å². The quantitative estimate of drug-likeness (QED) is 0.860. The van der Waals surface area contributed by atoms with Crippen LogP contribution in [0.4, 0.5) is 0 Å². The van der Waals surface area contributed by atoms with E-state index in [2.05, 4.69) is 0 Å². The first-order valence-electron chi connectivity index (χ1n) is 6.51. The van der Waals surface area contributed by atoms with Crippen LogP contribution in [-0.4, -0.2) is 28.0 Å². The predicted octanol–water partition coefficient (Wildman–Crippen LogP) is 2.38. The van der Waals surface area contributed by atoms with Crippen LogP contribution in [0.15, 0.2) is 29.3 Å². The Hall–Kier alpha value is -1.000. The van der Waals surface area contributed by atoms with Gasteiger partial charge in [-0.2, -0.15) is 0 Å². The van der Waals surface area contributed by atoms with Gasteiger partial charge in [-0.1, -0.05) is 12.1 Å². The standard InChI is InChI=1S/C14H18N2OS/c15-8-9-5-6-11-13(7-9)18-14(16-11)10-3-1-2-4-12(10)17/h1-4,9,11,13,17H,5-8,15H2. The zero-order valence-corrected chi connectivity index (χ0v) is 11.1. The second-order valence-electron chi connectivity index (χ2n) is 5.09. The third-order valence-corrected chi connectivity index (χ3v) is 5.24. The SMILES string of the molecule is NCC1CCC2N=C(c3ccccc3O)SC2C1. The topological polar surface area (TPSA) is 58.6 Å². The Labute approximate surface area is 111 Å². The Balaban J connectivity index is 1.80. The summed E-state index contributed by atoms with van der Waals surface area (Å²) in [5.74, 6) is 0.982. The molecule has 3 rings (SSSR count). The van der Waals surface area contributed by atoms with Gasteiger partial charge in [-0.25, -0.2) is 0 Å². The van der Waals surface area contributed by atoms with Crippen molar-refractivity contribution in [1.29, 1.82) is 0 Å². The zero-order valence-electron chi connectivity index (χ0n) is 10.2. The van der Waals surface area contributed by atoms with Crippen molar-refractivity contribution < 1.29 is 5.11 Å². The van der Waals surface area contributed by atoms with Crippen molar-refractivity contribution >= 4 is 16.8 Å². The van der Waals surface area contributed by atoms with Gasteiger partial charge in [0.2, 0.25) is 0 Å². The summed E-state index contributed by atoms with van der Waals surface area (Å²) in [6, 6.07) is 7.88. The minimum atomic E-state index is 0.331. The maximum absolute atomic E-state index is 9.89. The molecule has 0 bridgehead atoms. The van der Waals surface area contributed by atoms with Gasteiger partial charge >= 0.3 is 0 Å². The van der Waals surface area contributed by atoms with E-state index in [1.165, 1.54) is 6.42 Å². The molecule has 3 atom stereocenters. The van der Waals surface area contributed by atoms with E-state index < -0.39 is 0 Å². The fourth-order valence-electron chi connectivity index (χ4n) is 2.80. The molecular weight excluding hydrogens is 244 g/mol. The van der Waals surface area contributed by atoms with Gasteiger partial charge in [0.25, 0.3) is 0 Å². The van der Waals surface area contributed by atoms with E-state index in [0.717, 1.165) is 30.0 Å². The lowest BCUT2D eigenvalue weighted by Gasteiger charge is -2.28. The molecule has 0 amide bonds. The van der Waals surface area contributed by atoms with Gasteiger partial charge in [0, 0.05) is 10.8 Å². The third-order valence-electron chi connectivity index (χ3n) is 3.88. The first-order chi connectivity index (χ1) is 8.78. The third kappa shape index (κ3) is 2.15. The average Bonchev–Trinajstić information content (AvgIpc) is 2.81. The van der Waals surface area contributed by atoms with Gasteiger partial charge < -0.3 is 10.8 Å². The van der Waals surface area contributed by atoms with E-state index >= 15 is 0 Å². The first kappa shape index (κ1) is 12.1. The number of hydrogen-bond acceptors (Lipinski definition) is 4. The minimum absolute atomic E-state index is 0.331. The number of nitrogens with zero attached hydrogens (tertiary/aromatic N) is 1. The molecule has 4 heteroatoms. The molecule has 0 spiro atoms. The van der Waals surface area contributed by atoms with Crippen LogP contribution in [0.25, 0.3) is 0 Å². The summed E-state index contributed by atoms with van der Waals surface area (Å²) in [7, 11) is 0. The molecule has 3 N–H and O–H groups in total. The normalized spacial score (nSPS) is 30.9. The zero-order chi connectivity index (χ0) is 12.5. The second-order valence-corrected chi connectivity index (χ2v) is 6.32. The molecule has 0 aromatic heterocycles. The van der Waals surface area contributed by atoms with E-state index in [0.29, 0.717) is 23.0 Å². The summed E-state index contributed by atoms with van der Waals surface area (Å²) >= 11 is 1.82. The molecule has 1 aromatic carbocycles. The molecule has 1 aliphatic carbocycles. The molecule has 1 saturated carbocycles. The van der Waals surface area contributed by atoms with Crippen molar-refractivity contribution in [2.24, 2.45) is 16.6 Å². The lowest BCUT2D eigenvalue weighted by atomic mass is 9.86. The largest absolute Gasteiger partial charge is 0.507 e. The summed E-state index contributed by atoms with van der Waals surface area (Å²) in [5.41, 5.74) is 6.65. The second kappa shape index (κ2) is 4.94. The number of para-hydroxylation sites is 1. The van der Waals surface area contributed by atoms with Crippen LogP contribution in [0.3, 0.4) is 0 Å². The summed E-state index contributed by atoms with van der Waals surface area (Å²) in [5, 5.41) is 11.4. The maximum atomic E-state index is 9.89. The maximum Gasteiger partial charge on any atom is 0.125 e. The Bertz CT molecular complexity index is 475. The van der Waals surface area contributed by atoms with Crippen LogP contribution >= 0.6 is 11.8 Å². The van der Waals surface area contributed by atoms with E-state index in [1.54, 1.807) is 6.07 Å². The molecule has 1 fully saturated rings. The number of fused-ring (bicyclic) bond motifs is 1. The molecule has 1 heterocycles. The lowest BCUT2D eigenvalue weighted by molar-refractivity contribution is 0.347. The number of phenolic OH excluding ortho intramolecular Hbond substituents is 1. The van der Waals surface area contributed by atoms with Crippen molar-refractivity contribution in [2.45, 2.75) is 30.6 Å². The number of thioether (sulfide) groups is 1. The molecule has 1 aromatic rings. The van der Waals surface area contributed by atoms with Crippen LogP contribution in [0, 0.1) is 5.92 Å². The van der Waals surface area contributed by atoms with Crippen LogP contribution in [0.5, 0.6) is 5.75 Å². The highest BCUT2D eigenvalue weighted by Gasteiger charge is 2.36. The number of hydrogen-bond donors (Lipinski definition) is 2. The van der Waals surface area contributed by atoms with Gasteiger partial charge in [0.15, 0.2) is 0 Å². The Kier molecular flexibility index (Phi) is 3.31. The predicted molar refractivity (Wildman–Crippen MR) is 76.2 cm³/mol. The first-order valence-corrected chi connectivity index (χ1v) is 7.39. The van der Waals surface area contributed by atoms with Crippen LogP contribution in [0.2, 0.25) is 0 Å². The number of rotatable bonds is 2. The summed E-state index contributed by atoms with van der Waals surface area (Å²) in [4.78, 5) is 4.79. The van der Waals surface area contributed by atoms with Crippen molar-refractivity contribution in [3.05, 3.63) is 29.8 Å². The lowest BCUT2D eigenvalue weighted by Crippen LogP contribution is -2.31. The average molecular weight is 262 g/mol. The number of phenols is 1. The Morgan fingerprint density at radius 1 is 1.33 bits per heavy atom. The molecule has 96 valence electrons. The van der Waals surface area contributed by atoms with Gasteiger partial charge in [-0.15, -0.1) is 11.8 Å². The molecular formula is C14H18N2OS. The summed E-state index contributed by atoms with van der Waals surface area (Å²) < 4.78 is 0. The van der Waals surface area contributed by atoms with Gasteiger partial charge in [-0.3, -0.25) is 4.99 Å². The summed E-state index contributed by atoms with van der Waals surface area (Å²) in [6.45, 7) is 0.787. The smallest absolute Gasteiger partial charge is 0.125 e. The fourth-order valence-corrected chi connectivity index (χ4v) is 4.30. The highest BCUT2D eigenvalue weighted by atomic mass is 32.2. The van der Waals surface area contributed by atoms with E-state index in [4.69, 9.17) is 10.7 Å². The molecule has 3 nitrogen and oxygen atoms in total. The van der Waals surface area contributed by atoms with Crippen molar-refractivity contribution in [2.75, 3.05) is 6.54 Å². The number of benzene rings is 1. The van der Waals surface area contributed by atoms with Crippen LogP contribution in [0.1, 0.15) is 24.8 Å². The van der Waals surface area contributed by atoms with Crippen LogP contribution < -0.4 is 5.73 Å². The minimum Gasteiger partial charge on any atom is -0.507 e. The van der Waals surface area contributed by atoms with E-state index in [-0.39, 0.29) is 0 Å². The van der Waals surface area contributed by atoms with Crippen molar-refractivity contribution in [3.63, 3.8) is 0 Å². The van der Waals surface area contributed by atoms with E-state index in [1.807, 2.05) is 30.0 Å². The summed E-state index contributed by atoms with van der Waals surface area (Å²) in [6.07, 6.45) is 3.48. The highest BCUT2D eigenvalue weighted by Crippen LogP contribution is 2.41. The highest BCUT2D eigenvalue weighted by molar-refractivity contribution is 8.15. The van der Waals surface area contributed by atoms with Crippen molar-refractivity contribution in [1.82, 2.24) is 0 Å². The number of nitrogens with two attached hydrogens (primary N) is 1. The monoisotopic (exact) mass is 262 g/mol. The number of aliphatic imine (C=N–C) groups is 1. The van der Waals surface area contributed by atoms with Gasteiger partial charge in [0.05, 0.1) is 6.04 Å². The van der Waals surface area contributed by atoms with Gasteiger partial charge in [-0.05, 0) is 43.9 Å². The Morgan fingerprint density at radius 3 is 2.94 bits per heavy atom.